The van der Waals surface area contributed by atoms with Gasteiger partial charge in [0.25, 0.3) is 5.56 Å². The van der Waals surface area contributed by atoms with Gasteiger partial charge in [-0.15, -0.1) is 11.3 Å². The number of hydrogen-bond donors (Lipinski definition) is 1. The van der Waals surface area contributed by atoms with Crippen LogP contribution < -0.4 is 10.9 Å². The predicted octanol–water partition coefficient (Wildman–Crippen LogP) is 3.55. The number of fused-ring (bicyclic) bond motifs is 1. The lowest BCUT2D eigenvalue weighted by molar-refractivity contribution is -0.120. The highest BCUT2D eigenvalue weighted by atomic mass is 32.1. The number of thiazole rings is 1. The molecule has 0 saturated carbocycles. The van der Waals surface area contributed by atoms with Crippen LogP contribution in [0.1, 0.15) is 17.6 Å². The van der Waals surface area contributed by atoms with Crippen molar-refractivity contribution >= 4 is 33.1 Å². The van der Waals surface area contributed by atoms with Crippen molar-refractivity contribution in [3.63, 3.8) is 0 Å². The van der Waals surface area contributed by atoms with Crippen molar-refractivity contribution in [3.8, 4) is 5.69 Å². The monoisotopic (exact) mass is 435 g/mol. The molecule has 1 unspecified atom stereocenters. The molecule has 7 nitrogen and oxygen atoms in total. The van der Waals surface area contributed by atoms with Gasteiger partial charge in [0.15, 0.2) is 0 Å². The average Bonchev–Trinajstić information content (AvgIpc) is 3.27. The van der Waals surface area contributed by atoms with Crippen molar-refractivity contribution in [2.24, 2.45) is 7.05 Å². The molecule has 2 aromatic heterocycles. The Bertz CT molecular complexity index is 1260. The second-order valence-electron chi connectivity index (χ2n) is 7.59. The number of benzene rings is 2. The SMILES string of the molecule is Cc1c(NC(=O)C(C)N(C)Cc2nc3ccccc3s2)c(=O)n(-c2ccccc2)n1C. The average molecular weight is 436 g/mol. The van der Waals surface area contributed by atoms with Gasteiger partial charge in [-0.05, 0) is 45.2 Å². The summed E-state index contributed by atoms with van der Waals surface area (Å²) in [6.45, 7) is 4.21. The summed E-state index contributed by atoms with van der Waals surface area (Å²) in [5.41, 5.74) is 2.47. The Kier molecular flexibility index (Phi) is 5.75. The maximum Gasteiger partial charge on any atom is 0.295 e. The molecule has 0 radical (unpaired) electrons. The van der Waals surface area contributed by atoms with Gasteiger partial charge in [0, 0.05) is 7.05 Å². The first-order valence-electron chi connectivity index (χ1n) is 10.1. The summed E-state index contributed by atoms with van der Waals surface area (Å²) in [6, 6.07) is 16.9. The normalized spacial score (nSPS) is 12.4. The maximum atomic E-state index is 13.0. The van der Waals surface area contributed by atoms with Crippen LogP contribution in [0.2, 0.25) is 0 Å². The molecule has 8 heteroatoms. The molecule has 160 valence electrons. The van der Waals surface area contributed by atoms with Crippen LogP contribution in [0, 0.1) is 6.92 Å². The smallest absolute Gasteiger partial charge is 0.295 e. The van der Waals surface area contributed by atoms with Crippen molar-refractivity contribution < 1.29 is 4.79 Å². The maximum absolute atomic E-state index is 13.0. The van der Waals surface area contributed by atoms with Gasteiger partial charge in [-0.25, -0.2) is 9.67 Å². The van der Waals surface area contributed by atoms with Crippen LogP contribution in [0.25, 0.3) is 15.9 Å². The number of nitrogens with one attached hydrogen (secondary N) is 1. The predicted molar refractivity (Wildman–Crippen MR) is 125 cm³/mol. The number of nitrogens with zero attached hydrogens (tertiary/aromatic N) is 4. The van der Waals surface area contributed by atoms with Crippen molar-refractivity contribution in [2.45, 2.75) is 26.4 Å². The minimum absolute atomic E-state index is 0.227. The summed E-state index contributed by atoms with van der Waals surface area (Å²) in [7, 11) is 3.69. The van der Waals surface area contributed by atoms with Crippen LogP contribution in [0.15, 0.2) is 59.4 Å². The fourth-order valence-corrected chi connectivity index (χ4v) is 4.51. The zero-order chi connectivity index (χ0) is 22.1. The number of hydrogen-bond acceptors (Lipinski definition) is 5. The number of rotatable bonds is 6. The molecule has 0 aliphatic heterocycles. The fourth-order valence-electron chi connectivity index (χ4n) is 3.48. The number of amides is 1. The van der Waals surface area contributed by atoms with Crippen LogP contribution in [-0.4, -0.2) is 38.2 Å². The lowest BCUT2D eigenvalue weighted by Crippen LogP contribution is -2.40. The summed E-state index contributed by atoms with van der Waals surface area (Å²) in [4.78, 5) is 32.6. The number of aromatic nitrogens is 3. The molecule has 2 aromatic carbocycles. The van der Waals surface area contributed by atoms with E-state index in [1.54, 1.807) is 20.7 Å². The van der Waals surface area contributed by atoms with Crippen molar-refractivity contribution in [1.82, 2.24) is 19.2 Å². The molecular weight excluding hydrogens is 410 g/mol. The Hall–Kier alpha value is -3.23. The molecule has 2 heterocycles. The molecule has 1 amide bonds. The van der Waals surface area contributed by atoms with E-state index in [9.17, 15) is 9.59 Å². The third kappa shape index (κ3) is 4.04. The van der Waals surface area contributed by atoms with Gasteiger partial charge in [-0.3, -0.25) is 19.2 Å². The lowest BCUT2D eigenvalue weighted by atomic mass is 10.2. The molecule has 4 aromatic rings. The van der Waals surface area contributed by atoms with Crippen molar-refractivity contribution in [3.05, 3.63) is 75.7 Å². The van der Waals surface area contributed by atoms with Gasteiger partial charge < -0.3 is 5.32 Å². The minimum atomic E-state index is -0.434. The van der Waals surface area contributed by atoms with E-state index in [-0.39, 0.29) is 11.5 Å². The minimum Gasteiger partial charge on any atom is -0.319 e. The first-order valence-corrected chi connectivity index (χ1v) is 10.9. The Balaban J connectivity index is 1.51. The van der Waals surface area contributed by atoms with E-state index in [1.165, 1.54) is 0 Å². The summed E-state index contributed by atoms with van der Waals surface area (Å²) in [5, 5.41) is 3.80. The molecule has 1 atom stereocenters. The fraction of sp³-hybridized carbons (Fsp3) is 0.261. The highest BCUT2D eigenvalue weighted by Crippen LogP contribution is 2.23. The van der Waals surface area contributed by atoms with Crippen molar-refractivity contribution in [2.75, 3.05) is 12.4 Å². The van der Waals surface area contributed by atoms with Gasteiger partial charge in [-0.1, -0.05) is 30.3 Å². The number of carbonyl (C=O) groups excluding carboxylic acids is 1. The van der Waals surface area contributed by atoms with Crippen LogP contribution in [-0.2, 0) is 18.4 Å². The van der Waals surface area contributed by atoms with Crippen LogP contribution in [0.4, 0.5) is 5.69 Å². The molecule has 4 rings (SSSR count). The molecule has 1 N–H and O–H groups in total. The molecule has 0 fully saturated rings. The van der Waals surface area contributed by atoms with E-state index >= 15 is 0 Å². The topological polar surface area (TPSA) is 72.2 Å². The summed E-state index contributed by atoms with van der Waals surface area (Å²) in [6.07, 6.45) is 0. The third-order valence-corrected chi connectivity index (χ3v) is 6.59. The first-order chi connectivity index (χ1) is 14.9. The number of para-hydroxylation sites is 2. The summed E-state index contributed by atoms with van der Waals surface area (Å²) >= 11 is 1.63. The van der Waals surface area contributed by atoms with E-state index in [0.29, 0.717) is 17.9 Å². The van der Waals surface area contributed by atoms with Crippen LogP contribution in [0.3, 0.4) is 0 Å². The second-order valence-corrected chi connectivity index (χ2v) is 8.71. The van der Waals surface area contributed by atoms with E-state index in [2.05, 4.69) is 10.3 Å². The van der Waals surface area contributed by atoms with Gasteiger partial charge in [-0.2, -0.15) is 0 Å². The highest BCUT2D eigenvalue weighted by Gasteiger charge is 2.23. The zero-order valence-electron chi connectivity index (χ0n) is 18.0. The van der Waals surface area contributed by atoms with Crippen LogP contribution >= 0.6 is 11.3 Å². The first kappa shape index (κ1) is 21.0. The van der Waals surface area contributed by atoms with E-state index in [0.717, 1.165) is 20.9 Å². The zero-order valence-corrected chi connectivity index (χ0v) is 18.8. The van der Waals surface area contributed by atoms with E-state index < -0.39 is 6.04 Å². The lowest BCUT2D eigenvalue weighted by Gasteiger charge is -2.22. The second kappa shape index (κ2) is 8.49. The van der Waals surface area contributed by atoms with Gasteiger partial charge in [0.05, 0.1) is 34.2 Å². The summed E-state index contributed by atoms with van der Waals surface area (Å²) < 4.78 is 4.44. The molecule has 0 bridgehead atoms. The van der Waals surface area contributed by atoms with Gasteiger partial charge in [0.1, 0.15) is 10.7 Å². The Morgan fingerprint density at radius 1 is 1.16 bits per heavy atom. The molecular formula is C23H25N5O2S. The van der Waals surface area contributed by atoms with E-state index in [1.807, 2.05) is 87.4 Å². The molecule has 0 aliphatic carbocycles. The Morgan fingerprint density at radius 2 is 1.84 bits per heavy atom. The molecule has 0 saturated heterocycles. The molecule has 31 heavy (non-hydrogen) atoms. The van der Waals surface area contributed by atoms with Gasteiger partial charge >= 0.3 is 0 Å². The quantitative estimate of drug-likeness (QED) is 0.503. The number of likely N-dealkylation sites (N-methyl/N-ethyl adjacent to an activating group) is 1. The Labute approximate surface area is 184 Å². The number of anilines is 1. The number of carbonyl (C=O) groups is 1. The summed E-state index contributed by atoms with van der Waals surface area (Å²) in [5.74, 6) is -0.227. The molecule has 0 spiro atoms. The highest BCUT2D eigenvalue weighted by molar-refractivity contribution is 7.18. The van der Waals surface area contributed by atoms with Crippen molar-refractivity contribution in [1.29, 1.82) is 0 Å². The van der Waals surface area contributed by atoms with Crippen LogP contribution in [0.5, 0.6) is 0 Å². The largest absolute Gasteiger partial charge is 0.319 e. The third-order valence-electron chi connectivity index (χ3n) is 5.57. The molecule has 0 aliphatic rings. The standard InChI is InChI=1S/C23H25N5O2S/c1-15-21(23(30)28(27(15)4)17-10-6-5-7-11-17)25-22(29)16(2)26(3)14-20-24-18-12-8-9-13-19(18)31-20/h5-13,16H,14H2,1-4H3,(H,25,29). The van der Waals surface area contributed by atoms with Gasteiger partial charge in [0.2, 0.25) is 5.91 Å². The Morgan fingerprint density at radius 3 is 2.55 bits per heavy atom. The van der Waals surface area contributed by atoms with E-state index in [4.69, 9.17) is 0 Å².